The zero-order valence-corrected chi connectivity index (χ0v) is 12.9. The van der Waals surface area contributed by atoms with Gasteiger partial charge in [-0.05, 0) is 36.6 Å². The molecule has 0 fully saturated rings. The van der Waals surface area contributed by atoms with Crippen LogP contribution in [0.1, 0.15) is 25.8 Å². The third kappa shape index (κ3) is 4.23. The number of carbonyl (C=O) groups excluding carboxylic acids is 1. The van der Waals surface area contributed by atoms with Gasteiger partial charge >= 0.3 is 0 Å². The lowest BCUT2D eigenvalue weighted by molar-refractivity contribution is -0.132. The Bertz CT molecular complexity index is 619. The summed E-state index contributed by atoms with van der Waals surface area (Å²) in [5.74, 6) is -1.68. The van der Waals surface area contributed by atoms with Crippen LogP contribution in [0.15, 0.2) is 23.1 Å². The monoisotopic (exact) mass is 318 g/mol. The van der Waals surface area contributed by atoms with Crippen molar-refractivity contribution >= 4 is 15.9 Å². The molecular formula is C13H19FN2O4S. The summed E-state index contributed by atoms with van der Waals surface area (Å²) < 4.78 is 39.9. The minimum Gasteiger partial charge on any atom is -0.289 e. The number of nitrogens with one attached hydrogen (secondary N) is 2. The van der Waals surface area contributed by atoms with Crippen LogP contribution in [0, 0.1) is 18.7 Å². The highest BCUT2D eigenvalue weighted by atomic mass is 32.2. The quantitative estimate of drug-likeness (QED) is 0.545. The molecule has 0 saturated carbocycles. The van der Waals surface area contributed by atoms with Crippen molar-refractivity contribution in [2.75, 3.05) is 0 Å². The number of sulfonamides is 1. The van der Waals surface area contributed by atoms with Crippen molar-refractivity contribution in [1.82, 2.24) is 10.2 Å². The second-order valence-corrected chi connectivity index (χ2v) is 6.59. The lowest BCUT2D eigenvalue weighted by Crippen LogP contribution is -2.49. The fraction of sp³-hybridized carbons (Fsp3) is 0.462. The molecule has 118 valence electrons. The van der Waals surface area contributed by atoms with Crippen LogP contribution in [0.4, 0.5) is 4.39 Å². The first-order valence-electron chi connectivity index (χ1n) is 6.45. The Balaban J connectivity index is 3.11. The molecule has 0 aliphatic rings. The van der Waals surface area contributed by atoms with Crippen molar-refractivity contribution in [3.05, 3.63) is 29.6 Å². The van der Waals surface area contributed by atoms with E-state index in [4.69, 9.17) is 5.21 Å². The van der Waals surface area contributed by atoms with E-state index in [0.29, 0.717) is 6.42 Å². The summed E-state index contributed by atoms with van der Waals surface area (Å²) in [6.45, 7) is 4.91. The second kappa shape index (κ2) is 6.97. The zero-order chi connectivity index (χ0) is 16.2. The van der Waals surface area contributed by atoms with Gasteiger partial charge < -0.3 is 0 Å². The summed E-state index contributed by atoms with van der Waals surface area (Å²) in [6.07, 6.45) is 0.531. The fourth-order valence-corrected chi connectivity index (χ4v) is 3.14. The molecule has 0 heterocycles. The summed E-state index contributed by atoms with van der Waals surface area (Å²) >= 11 is 0. The zero-order valence-electron chi connectivity index (χ0n) is 12.1. The predicted octanol–water partition coefficient (Wildman–Crippen LogP) is 1.33. The molecule has 0 bridgehead atoms. The van der Waals surface area contributed by atoms with Gasteiger partial charge in [0.2, 0.25) is 10.0 Å². The summed E-state index contributed by atoms with van der Waals surface area (Å²) in [5, 5.41) is 8.71. The van der Waals surface area contributed by atoms with Gasteiger partial charge in [-0.1, -0.05) is 20.3 Å². The third-order valence-electron chi connectivity index (χ3n) is 3.33. The molecule has 8 heteroatoms. The van der Waals surface area contributed by atoms with E-state index in [1.54, 1.807) is 13.8 Å². The summed E-state index contributed by atoms with van der Waals surface area (Å²) in [5.41, 5.74) is 1.63. The average Bonchev–Trinajstić information content (AvgIpc) is 2.45. The van der Waals surface area contributed by atoms with Gasteiger partial charge in [0.15, 0.2) is 0 Å². The highest BCUT2D eigenvalue weighted by molar-refractivity contribution is 7.89. The van der Waals surface area contributed by atoms with Crippen molar-refractivity contribution in [3.63, 3.8) is 0 Å². The van der Waals surface area contributed by atoms with E-state index in [9.17, 15) is 17.6 Å². The van der Waals surface area contributed by atoms with Crippen LogP contribution in [-0.2, 0) is 14.8 Å². The van der Waals surface area contributed by atoms with Crippen LogP contribution < -0.4 is 10.2 Å². The Morgan fingerprint density at radius 3 is 2.52 bits per heavy atom. The number of carbonyl (C=O) groups is 1. The number of rotatable bonds is 6. The highest BCUT2D eigenvalue weighted by Crippen LogP contribution is 2.17. The normalized spacial score (nSPS) is 14.5. The minimum absolute atomic E-state index is 0.138. The lowest BCUT2D eigenvalue weighted by Gasteiger charge is -2.22. The Kier molecular flexibility index (Phi) is 5.82. The van der Waals surface area contributed by atoms with Crippen molar-refractivity contribution < 1.29 is 22.8 Å². The van der Waals surface area contributed by atoms with Crippen molar-refractivity contribution in [3.8, 4) is 0 Å². The van der Waals surface area contributed by atoms with Gasteiger partial charge in [0, 0.05) is 0 Å². The van der Waals surface area contributed by atoms with Gasteiger partial charge in [-0.3, -0.25) is 10.0 Å². The number of aryl methyl sites for hydroxylation is 1. The Morgan fingerprint density at radius 2 is 2.05 bits per heavy atom. The molecule has 6 nitrogen and oxygen atoms in total. The third-order valence-corrected chi connectivity index (χ3v) is 4.77. The summed E-state index contributed by atoms with van der Waals surface area (Å²) in [6, 6.07) is 2.24. The standard InChI is InChI=1S/C13H19FN2O4S/c1-4-8(2)12(13(17)15-18)16-21(19,20)10-5-6-11(14)9(3)7-10/h5-8,12,16,18H,4H2,1-3H3,(H,15,17)/t8-,12-/m1/s1. The van der Waals surface area contributed by atoms with E-state index in [1.807, 2.05) is 0 Å². The first-order chi connectivity index (χ1) is 9.72. The molecule has 0 aliphatic heterocycles. The molecule has 0 aliphatic carbocycles. The molecule has 1 aromatic carbocycles. The molecule has 1 aromatic rings. The number of halogens is 1. The molecule has 3 N–H and O–H groups in total. The van der Waals surface area contributed by atoms with Crippen LogP contribution in [0.3, 0.4) is 0 Å². The molecule has 0 unspecified atom stereocenters. The topological polar surface area (TPSA) is 95.5 Å². The van der Waals surface area contributed by atoms with Crippen LogP contribution >= 0.6 is 0 Å². The number of hydrogen-bond donors (Lipinski definition) is 3. The van der Waals surface area contributed by atoms with Gasteiger partial charge in [0.05, 0.1) is 4.90 Å². The van der Waals surface area contributed by atoms with Crippen molar-refractivity contribution in [1.29, 1.82) is 0 Å². The van der Waals surface area contributed by atoms with Crippen molar-refractivity contribution in [2.24, 2.45) is 5.92 Å². The Hall–Kier alpha value is -1.51. The predicted molar refractivity (Wildman–Crippen MR) is 74.6 cm³/mol. The number of hydrogen-bond acceptors (Lipinski definition) is 4. The number of amides is 1. The first kappa shape index (κ1) is 17.5. The number of hydroxylamine groups is 1. The smallest absolute Gasteiger partial charge is 0.261 e. The summed E-state index contributed by atoms with van der Waals surface area (Å²) in [7, 11) is -4.00. The van der Waals surface area contributed by atoms with E-state index in [0.717, 1.165) is 12.1 Å². The molecule has 0 saturated heterocycles. The van der Waals surface area contributed by atoms with Crippen LogP contribution in [0.5, 0.6) is 0 Å². The van der Waals surface area contributed by atoms with E-state index >= 15 is 0 Å². The molecule has 2 atom stereocenters. The molecule has 1 amide bonds. The minimum atomic E-state index is -4.00. The maximum Gasteiger partial charge on any atom is 0.261 e. The van der Waals surface area contributed by atoms with Gasteiger partial charge in [0.25, 0.3) is 5.91 Å². The number of benzene rings is 1. The molecule has 0 aromatic heterocycles. The second-order valence-electron chi connectivity index (χ2n) is 4.87. The Morgan fingerprint density at radius 1 is 1.43 bits per heavy atom. The molecular weight excluding hydrogens is 299 g/mol. The summed E-state index contributed by atoms with van der Waals surface area (Å²) in [4.78, 5) is 11.5. The largest absolute Gasteiger partial charge is 0.289 e. The maximum absolute atomic E-state index is 13.2. The van der Waals surface area contributed by atoms with E-state index < -0.39 is 27.8 Å². The van der Waals surface area contributed by atoms with Gasteiger partial charge in [-0.15, -0.1) is 0 Å². The van der Waals surface area contributed by atoms with Gasteiger partial charge in [0.1, 0.15) is 11.9 Å². The molecule has 0 radical (unpaired) electrons. The van der Waals surface area contributed by atoms with E-state index in [1.165, 1.54) is 18.5 Å². The van der Waals surface area contributed by atoms with Gasteiger partial charge in [-0.2, -0.15) is 4.72 Å². The van der Waals surface area contributed by atoms with Crippen LogP contribution in [0.2, 0.25) is 0 Å². The van der Waals surface area contributed by atoms with Crippen LogP contribution in [-0.4, -0.2) is 25.6 Å². The molecule has 1 rings (SSSR count). The molecule has 21 heavy (non-hydrogen) atoms. The highest BCUT2D eigenvalue weighted by Gasteiger charge is 2.29. The fourth-order valence-electron chi connectivity index (χ4n) is 1.75. The maximum atomic E-state index is 13.2. The average molecular weight is 318 g/mol. The molecule has 0 spiro atoms. The van der Waals surface area contributed by atoms with Gasteiger partial charge in [-0.25, -0.2) is 18.3 Å². The van der Waals surface area contributed by atoms with Crippen LogP contribution in [0.25, 0.3) is 0 Å². The van der Waals surface area contributed by atoms with Crippen molar-refractivity contribution in [2.45, 2.75) is 38.1 Å². The lowest BCUT2D eigenvalue weighted by atomic mass is 10.00. The first-order valence-corrected chi connectivity index (χ1v) is 7.93. The SMILES string of the molecule is CC[C@@H](C)[C@@H](NS(=O)(=O)c1ccc(F)c(C)c1)C(=O)NO. The van der Waals surface area contributed by atoms with E-state index in [2.05, 4.69) is 4.72 Å². The Labute approximate surface area is 123 Å². The van der Waals surface area contributed by atoms with E-state index in [-0.39, 0.29) is 16.4 Å².